The molecule has 0 fully saturated rings. The molecule has 1 aromatic carbocycles. The fourth-order valence-corrected chi connectivity index (χ4v) is 2.38. The Bertz CT molecular complexity index is 504. The Morgan fingerprint density at radius 2 is 2.28 bits per heavy atom. The molecular weight excluding hydrogens is 250 g/mol. The van der Waals surface area contributed by atoms with Crippen molar-refractivity contribution in [3.63, 3.8) is 0 Å². The second kappa shape index (κ2) is 5.79. The van der Waals surface area contributed by atoms with Crippen LogP contribution in [0.4, 0.5) is 9.93 Å². The third-order valence-electron chi connectivity index (χ3n) is 2.56. The van der Waals surface area contributed by atoms with Gasteiger partial charge in [0.15, 0.2) is 5.13 Å². The molecule has 0 radical (unpaired) electrons. The zero-order valence-corrected chi connectivity index (χ0v) is 10.8. The molecule has 0 aliphatic carbocycles. The van der Waals surface area contributed by atoms with E-state index in [0.717, 1.165) is 10.2 Å². The summed E-state index contributed by atoms with van der Waals surface area (Å²) in [6.45, 7) is 1.84. The Balaban J connectivity index is 2.02. The van der Waals surface area contributed by atoms with E-state index < -0.39 is 0 Å². The molecule has 5 nitrogen and oxygen atoms in total. The first-order valence-corrected chi connectivity index (χ1v) is 6.58. The van der Waals surface area contributed by atoms with Crippen molar-refractivity contribution < 1.29 is 9.90 Å². The maximum Gasteiger partial charge on any atom is 0.321 e. The molecule has 1 aromatic heterocycles. The summed E-state index contributed by atoms with van der Waals surface area (Å²) in [5.74, 6) is 0. The number of carbonyl (C=O) groups is 1. The Hall–Kier alpha value is -1.66. The van der Waals surface area contributed by atoms with Crippen LogP contribution in [0, 0.1) is 0 Å². The molecule has 0 saturated heterocycles. The first kappa shape index (κ1) is 12.8. The van der Waals surface area contributed by atoms with Crippen molar-refractivity contribution in [1.29, 1.82) is 0 Å². The van der Waals surface area contributed by atoms with Crippen molar-refractivity contribution in [3.8, 4) is 0 Å². The number of fused-ring (bicyclic) bond motifs is 1. The van der Waals surface area contributed by atoms with Crippen molar-refractivity contribution >= 4 is 32.7 Å². The third kappa shape index (κ3) is 2.96. The predicted molar refractivity (Wildman–Crippen MR) is 72.9 cm³/mol. The molecule has 0 spiro atoms. The minimum absolute atomic E-state index is 0.0657. The molecule has 0 bridgehead atoms. The predicted octanol–water partition coefficient (Wildman–Crippen LogP) is 2.19. The summed E-state index contributed by atoms with van der Waals surface area (Å²) in [6, 6.07) is 7.14. The number of rotatable bonds is 4. The second-order valence-electron chi connectivity index (χ2n) is 3.87. The number of hydrogen-bond donors (Lipinski definition) is 3. The van der Waals surface area contributed by atoms with Crippen LogP contribution in [0.1, 0.15) is 13.3 Å². The average Bonchev–Trinajstić information content (AvgIpc) is 2.77. The SMILES string of the molecule is CCC(CO)NC(=O)Nc1nc2ccccc2s1. The van der Waals surface area contributed by atoms with E-state index in [1.54, 1.807) is 0 Å². The highest BCUT2D eigenvalue weighted by Gasteiger charge is 2.11. The standard InChI is InChI=1S/C12H15N3O2S/c1-2-8(7-16)13-11(17)15-12-14-9-5-3-4-6-10(9)18-12/h3-6,8,16H,2,7H2,1H3,(H2,13,14,15,17). The lowest BCUT2D eigenvalue weighted by Gasteiger charge is -2.13. The van der Waals surface area contributed by atoms with Crippen LogP contribution in [0.3, 0.4) is 0 Å². The zero-order valence-electron chi connectivity index (χ0n) is 10.0. The van der Waals surface area contributed by atoms with Gasteiger partial charge in [-0.1, -0.05) is 30.4 Å². The van der Waals surface area contributed by atoms with Gasteiger partial charge in [-0.05, 0) is 18.6 Å². The number of aliphatic hydroxyl groups is 1. The van der Waals surface area contributed by atoms with Gasteiger partial charge < -0.3 is 10.4 Å². The van der Waals surface area contributed by atoms with Crippen LogP contribution in [0.5, 0.6) is 0 Å². The first-order valence-electron chi connectivity index (χ1n) is 5.77. The topological polar surface area (TPSA) is 74.2 Å². The van der Waals surface area contributed by atoms with Crippen LogP contribution in [-0.4, -0.2) is 28.8 Å². The first-order chi connectivity index (χ1) is 8.72. The number of aliphatic hydroxyl groups excluding tert-OH is 1. The van der Waals surface area contributed by atoms with Gasteiger partial charge in [0.05, 0.1) is 22.9 Å². The van der Waals surface area contributed by atoms with Crippen LogP contribution < -0.4 is 10.6 Å². The van der Waals surface area contributed by atoms with E-state index in [1.807, 2.05) is 31.2 Å². The van der Waals surface area contributed by atoms with Crippen molar-refractivity contribution in [2.45, 2.75) is 19.4 Å². The molecule has 96 valence electrons. The lowest BCUT2D eigenvalue weighted by molar-refractivity contribution is 0.222. The number of amides is 2. The Kier molecular flexibility index (Phi) is 4.11. The number of hydrogen-bond acceptors (Lipinski definition) is 4. The summed E-state index contributed by atoms with van der Waals surface area (Å²) in [6.07, 6.45) is 0.684. The number of thiazole rings is 1. The average molecular weight is 265 g/mol. The number of benzene rings is 1. The number of nitrogens with one attached hydrogen (secondary N) is 2. The van der Waals surface area contributed by atoms with Crippen LogP contribution >= 0.6 is 11.3 Å². The Morgan fingerprint density at radius 3 is 2.94 bits per heavy atom. The maximum absolute atomic E-state index is 11.7. The van der Waals surface area contributed by atoms with Gasteiger partial charge in [0.25, 0.3) is 0 Å². The molecular formula is C12H15N3O2S. The molecule has 18 heavy (non-hydrogen) atoms. The maximum atomic E-state index is 11.7. The van der Waals surface area contributed by atoms with Crippen molar-refractivity contribution in [1.82, 2.24) is 10.3 Å². The minimum Gasteiger partial charge on any atom is -0.394 e. The summed E-state index contributed by atoms with van der Waals surface area (Å²) in [4.78, 5) is 15.9. The largest absolute Gasteiger partial charge is 0.394 e. The van der Waals surface area contributed by atoms with Crippen LogP contribution in [0.15, 0.2) is 24.3 Å². The van der Waals surface area contributed by atoms with E-state index in [9.17, 15) is 4.79 Å². The quantitative estimate of drug-likeness (QED) is 0.793. The Morgan fingerprint density at radius 1 is 1.50 bits per heavy atom. The zero-order chi connectivity index (χ0) is 13.0. The number of para-hydroxylation sites is 1. The number of anilines is 1. The van der Waals surface area contributed by atoms with Gasteiger partial charge in [0, 0.05) is 0 Å². The van der Waals surface area contributed by atoms with Crippen LogP contribution in [0.2, 0.25) is 0 Å². The van der Waals surface area contributed by atoms with Crippen molar-refractivity contribution in [2.75, 3.05) is 11.9 Å². The van der Waals surface area contributed by atoms with Gasteiger partial charge in [0.1, 0.15) is 0 Å². The lowest BCUT2D eigenvalue weighted by Crippen LogP contribution is -2.39. The fraction of sp³-hybridized carbons (Fsp3) is 0.333. The molecule has 2 rings (SSSR count). The minimum atomic E-state index is -0.338. The molecule has 0 aliphatic rings. The number of carbonyl (C=O) groups excluding carboxylic acids is 1. The fourth-order valence-electron chi connectivity index (χ4n) is 1.52. The Labute approximate surface area is 109 Å². The molecule has 0 aliphatic heterocycles. The van der Waals surface area contributed by atoms with Gasteiger partial charge in [0.2, 0.25) is 0 Å². The third-order valence-corrected chi connectivity index (χ3v) is 3.51. The number of aromatic nitrogens is 1. The molecule has 1 atom stereocenters. The smallest absolute Gasteiger partial charge is 0.321 e. The van der Waals surface area contributed by atoms with E-state index in [-0.39, 0.29) is 18.7 Å². The van der Waals surface area contributed by atoms with E-state index in [0.29, 0.717) is 11.6 Å². The second-order valence-corrected chi connectivity index (χ2v) is 4.90. The summed E-state index contributed by atoms with van der Waals surface area (Å²) in [7, 11) is 0. The number of nitrogens with zero attached hydrogens (tertiary/aromatic N) is 1. The lowest BCUT2D eigenvalue weighted by atomic mass is 10.2. The summed E-state index contributed by atoms with van der Waals surface area (Å²) in [5.41, 5.74) is 0.868. The van der Waals surface area contributed by atoms with Crippen molar-refractivity contribution in [2.24, 2.45) is 0 Å². The molecule has 2 amide bonds. The summed E-state index contributed by atoms with van der Waals surface area (Å²) < 4.78 is 1.03. The van der Waals surface area contributed by atoms with E-state index in [1.165, 1.54) is 11.3 Å². The summed E-state index contributed by atoms with van der Waals surface area (Å²) in [5, 5.41) is 14.9. The van der Waals surface area contributed by atoms with Gasteiger partial charge in [-0.15, -0.1) is 0 Å². The van der Waals surface area contributed by atoms with Crippen LogP contribution in [0.25, 0.3) is 10.2 Å². The highest BCUT2D eigenvalue weighted by Crippen LogP contribution is 2.25. The van der Waals surface area contributed by atoms with E-state index in [4.69, 9.17) is 5.11 Å². The number of urea groups is 1. The molecule has 6 heteroatoms. The molecule has 2 aromatic rings. The van der Waals surface area contributed by atoms with Gasteiger partial charge >= 0.3 is 6.03 Å². The monoisotopic (exact) mass is 265 g/mol. The van der Waals surface area contributed by atoms with E-state index in [2.05, 4.69) is 15.6 Å². The van der Waals surface area contributed by atoms with Crippen LogP contribution in [-0.2, 0) is 0 Å². The van der Waals surface area contributed by atoms with Gasteiger partial charge in [-0.25, -0.2) is 9.78 Å². The summed E-state index contributed by atoms with van der Waals surface area (Å²) >= 11 is 1.42. The van der Waals surface area contributed by atoms with E-state index >= 15 is 0 Å². The molecule has 1 heterocycles. The highest BCUT2D eigenvalue weighted by atomic mass is 32.1. The molecule has 0 saturated carbocycles. The van der Waals surface area contributed by atoms with Crippen molar-refractivity contribution in [3.05, 3.63) is 24.3 Å². The normalized spacial score (nSPS) is 12.3. The molecule has 3 N–H and O–H groups in total. The van der Waals surface area contributed by atoms with Gasteiger partial charge in [-0.2, -0.15) is 0 Å². The highest BCUT2D eigenvalue weighted by molar-refractivity contribution is 7.22. The van der Waals surface area contributed by atoms with Gasteiger partial charge in [-0.3, -0.25) is 5.32 Å². The molecule has 1 unspecified atom stereocenters.